The van der Waals surface area contributed by atoms with Gasteiger partial charge in [-0.25, -0.2) is 0 Å². The van der Waals surface area contributed by atoms with E-state index in [2.05, 4.69) is 52.0 Å². The molecular weight excluding hydrogens is 390 g/mol. The normalized spacial score (nSPS) is 43.6. The van der Waals surface area contributed by atoms with Crippen LogP contribution >= 0.6 is 15.8 Å². The largest absolute Gasteiger partial charge is 0.378 e. The highest BCUT2D eigenvalue weighted by atomic mass is 31.1. The molecule has 2 heterocycles. The SMILES string of the molecule is CO[C@H]1[C@H](OC)[C@H](C)P(c2ccccc2P2[C@@H](C)[C@@H](OC)[C@H](OC)[C@@H]2C)[C@H]1C. The summed E-state index contributed by atoms with van der Waals surface area (Å²) in [7, 11) is 6.53. The monoisotopic (exact) mass is 426 g/mol. The van der Waals surface area contributed by atoms with Gasteiger partial charge in [0, 0.05) is 51.1 Å². The van der Waals surface area contributed by atoms with Crippen molar-refractivity contribution in [1.29, 1.82) is 0 Å². The minimum atomic E-state index is -0.380. The van der Waals surface area contributed by atoms with Gasteiger partial charge in [-0.15, -0.1) is 0 Å². The summed E-state index contributed by atoms with van der Waals surface area (Å²) >= 11 is 0. The first-order valence-corrected chi connectivity index (χ1v) is 13.2. The molecule has 1 aromatic carbocycles. The van der Waals surface area contributed by atoms with Crippen molar-refractivity contribution < 1.29 is 18.9 Å². The Hall–Kier alpha value is -0.0800. The topological polar surface area (TPSA) is 36.9 Å². The molecule has 0 saturated carbocycles. The second-order valence-corrected chi connectivity index (χ2v) is 13.9. The lowest BCUT2D eigenvalue weighted by atomic mass is 10.1. The predicted octanol–water partition coefficient (Wildman–Crippen LogP) is 3.54. The maximum atomic E-state index is 5.88. The van der Waals surface area contributed by atoms with E-state index in [0.717, 1.165) is 0 Å². The fourth-order valence-corrected chi connectivity index (χ4v) is 13.1. The molecule has 2 aliphatic rings. The van der Waals surface area contributed by atoms with Gasteiger partial charge in [-0.2, -0.15) is 0 Å². The molecule has 0 N–H and O–H groups in total. The molecule has 0 radical (unpaired) electrons. The highest BCUT2D eigenvalue weighted by molar-refractivity contribution is 7.73. The molecule has 28 heavy (non-hydrogen) atoms. The molecular formula is C22H36O4P2. The van der Waals surface area contributed by atoms with Crippen LogP contribution in [-0.4, -0.2) is 75.5 Å². The van der Waals surface area contributed by atoms with Crippen LogP contribution in [0.15, 0.2) is 24.3 Å². The van der Waals surface area contributed by atoms with Crippen molar-refractivity contribution in [2.24, 2.45) is 0 Å². The van der Waals surface area contributed by atoms with Gasteiger partial charge in [0.2, 0.25) is 0 Å². The van der Waals surface area contributed by atoms with Gasteiger partial charge in [-0.3, -0.25) is 0 Å². The molecule has 6 heteroatoms. The fourth-order valence-electron chi connectivity index (χ4n) is 5.58. The van der Waals surface area contributed by atoms with Crippen molar-refractivity contribution in [1.82, 2.24) is 0 Å². The minimum absolute atomic E-state index is 0.156. The maximum Gasteiger partial charge on any atom is 0.0906 e. The summed E-state index contributed by atoms with van der Waals surface area (Å²) in [6.07, 6.45) is 0.625. The quantitative estimate of drug-likeness (QED) is 0.652. The van der Waals surface area contributed by atoms with Gasteiger partial charge in [0.1, 0.15) is 0 Å². The van der Waals surface area contributed by atoms with Gasteiger partial charge < -0.3 is 18.9 Å². The number of hydrogen-bond acceptors (Lipinski definition) is 4. The van der Waals surface area contributed by atoms with Crippen LogP contribution in [0.3, 0.4) is 0 Å². The van der Waals surface area contributed by atoms with E-state index in [9.17, 15) is 0 Å². The average molecular weight is 426 g/mol. The second-order valence-electron chi connectivity index (χ2n) is 8.07. The third-order valence-electron chi connectivity index (χ3n) is 6.83. The van der Waals surface area contributed by atoms with Crippen LogP contribution < -0.4 is 10.6 Å². The van der Waals surface area contributed by atoms with Crippen molar-refractivity contribution >= 4 is 26.5 Å². The van der Waals surface area contributed by atoms with E-state index in [0.29, 0.717) is 22.6 Å². The van der Waals surface area contributed by atoms with Crippen LogP contribution in [-0.2, 0) is 18.9 Å². The van der Waals surface area contributed by atoms with Crippen molar-refractivity contribution in [3.05, 3.63) is 24.3 Å². The van der Waals surface area contributed by atoms with Gasteiger partial charge in [-0.1, -0.05) is 67.8 Å². The Kier molecular flexibility index (Phi) is 7.57. The molecule has 0 unspecified atom stereocenters. The average Bonchev–Trinajstić information content (AvgIpc) is 3.09. The summed E-state index contributed by atoms with van der Waals surface area (Å²) in [5.74, 6) is 0. The number of ether oxygens (including phenoxy) is 4. The van der Waals surface area contributed by atoms with E-state index < -0.39 is 0 Å². The Bertz CT molecular complexity index is 570. The molecule has 8 atom stereocenters. The Morgan fingerprint density at radius 3 is 1.00 bits per heavy atom. The van der Waals surface area contributed by atoms with Crippen molar-refractivity contribution in [3.63, 3.8) is 0 Å². The van der Waals surface area contributed by atoms with E-state index in [1.54, 1.807) is 0 Å². The Balaban J connectivity index is 2.03. The number of benzene rings is 1. The third kappa shape index (κ3) is 3.59. The highest BCUT2D eigenvalue weighted by Gasteiger charge is 2.51. The van der Waals surface area contributed by atoms with E-state index in [4.69, 9.17) is 18.9 Å². The molecule has 0 aromatic heterocycles. The predicted molar refractivity (Wildman–Crippen MR) is 121 cm³/mol. The smallest absolute Gasteiger partial charge is 0.0906 e. The van der Waals surface area contributed by atoms with Gasteiger partial charge in [0.15, 0.2) is 0 Å². The fraction of sp³-hybridized carbons (Fsp3) is 0.727. The summed E-state index contributed by atoms with van der Waals surface area (Å²) < 4.78 is 23.5. The molecule has 4 nitrogen and oxygen atoms in total. The van der Waals surface area contributed by atoms with Crippen LogP contribution in [0, 0.1) is 0 Å². The number of hydrogen-bond donors (Lipinski definition) is 0. The molecule has 3 rings (SSSR count). The van der Waals surface area contributed by atoms with Crippen LogP contribution in [0.4, 0.5) is 0 Å². The van der Waals surface area contributed by atoms with E-state index >= 15 is 0 Å². The van der Waals surface area contributed by atoms with Crippen molar-refractivity contribution in [2.45, 2.75) is 74.7 Å². The molecule has 0 aliphatic carbocycles. The molecule has 2 aliphatic heterocycles. The number of methoxy groups -OCH3 is 4. The Morgan fingerprint density at radius 1 is 0.536 bits per heavy atom. The van der Waals surface area contributed by atoms with E-state index in [1.165, 1.54) is 10.6 Å². The van der Waals surface area contributed by atoms with E-state index in [-0.39, 0.29) is 40.3 Å². The van der Waals surface area contributed by atoms with Crippen molar-refractivity contribution in [3.8, 4) is 0 Å². The lowest BCUT2D eigenvalue weighted by molar-refractivity contribution is -0.0244. The molecule has 0 amide bonds. The Labute approximate surface area is 173 Å². The van der Waals surface area contributed by atoms with Gasteiger partial charge in [0.25, 0.3) is 0 Å². The first-order chi connectivity index (χ1) is 13.4. The summed E-state index contributed by atoms with van der Waals surface area (Å²) in [6, 6.07) is 9.13. The first kappa shape index (κ1) is 22.6. The van der Waals surface area contributed by atoms with Crippen LogP contribution in [0.2, 0.25) is 0 Å². The van der Waals surface area contributed by atoms with Crippen LogP contribution in [0.25, 0.3) is 0 Å². The number of rotatable bonds is 6. The van der Waals surface area contributed by atoms with Gasteiger partial charge >= 0.3 is 0 Å². The zero-order valence-corrected chi connectivity index (χ0v) is 20.2. The zero-order chi connectivity index (χ0) is 20.6. The summed E-state index contributed by atoms with van der Waals surface area (Å²) in [5.41, 5.74) is 1.89. The zero-order valence-electron chi connectivity index (χ0n) is 18.5. The molecule has 0 bridgehead atoms. The Morgan fingerprint density at radius 2 is 0.786 bits per heavy atom. The molecule has 1 aromatic rings. The standard InChI is InChI=1S/C22H36O4P2/c1-13-19(23-5)20(24-6)14(2)27(13)17-11-9-10-12-18(17)28-15(3)21(25-7)22(26-8)16(28)4/h9-16,19-22H,1-8H3/t13-,14-,15-,16-,19+,20+,21+,22+/m0/s1. The molecule has 2 fully saturated rings. The molecule has 0 spiro atoms. The summed E-state index contributed by atoms with van der Waals surface area (Å²) in [4.78, 5) is 0. The second kappa shape index (κ2) is 9.38. The maximum absolute atomic E-state index is 5.88. The third-order valence-corrected chi connectivity index (χ3v) is 13.6. The summed E-state index contributed by atoms with van der Waals surface area (Å²) in [5, 5.41) is 3.08. The lowest BCUT2D eigenvalue weighted by Gasteiger charge is -2.30. The molecule has 2 saturated heterocycles. The first-order valence-electron chi connectivity index (χ1n) is 10.2. The van der Waals surface area contributed by atoms with E-state index in [1.807, 2.05) is 28.4 Å². The van der Waals surface area contributed by atoms with Crippen LogP contribution in [0.5, 0.6) is 0 Å². The lowest BCUT2D eigenvalue weighted by Crippen LogP contribution is -2.34. The van der Waals surface area contributed by atoms with Gasteiger partial charge in [-0.05, 0) is 10.6 Å². The van der Waals surface area contributed by atoms with Crippen molar-refractivity contribution in [2.75, 3.05) is 28.4 Å². The molecule has 158 valence electrons. The van der Waals surface area contributed by atoms with Crippen LogP contribution in [0.1, 0.15) is 27.7 Å². The highest BCUT2D eigenvalue weighted by Crippen LogP contribution is 2.60. The van der Waals surface area contributed by atoms with Gasteiger partial charge in [0.05, 0.1) is 24.4 Å². The minimum Gasteiger partial charge on any atom is -0.378 e. The summed E-state index contributed by atoms with van der Waals surface area (Å²) in [6.45, 7) is 9.38.